The van der Waals surface area contributed by atoms with Gasteiger partial charge in [0.1, 0.15) is 12.4 Å². The lowest BCUT2D eigenvalue weighted by Gasteiger charge is -2.32. The van der Waals surface area contributed by atoms with Crippen LogP contribution in [0.15, 0.2) is 37.1 Å². The van der Waals surface area contributed by atoms with Gasteiger partial charge in [0.2, 0.25) is 0 Å². The van der Waals surface area contributed by atoms with Gasteiger partial charge < -0.3 is 9.64 Å². The van der Waals surface area contributed by atoms with Crippen molar-refractivity contribution in [3.8, 4) is 11.1 Å². The summed E-state index contributed by atoms with van der Waals surface area (Å²) in [6, 6.07) is 3.94. The Morgan fingerprint density at radius 2 is 1.87 bits per heavy atom. The maximum Gasteiger partial charge on any atom is 0.274 e. The van der Waals surface area contributed by atoms with Gasteiger partial charge in [-0.2, -0.15) is 5.10 Å². The van der Waals surface area contributed by atoms with Crippen molar-refractivity contribution in [3.63, 3.8) is 0 Å². The second-order valence-electron chi connectivity index (χ2n) is 8.15. The first-order valence-electron chi connectivity index (χ1n) is 11.0. The Morgan fingerprint density at radius 3 is 2.68 bits per heavy atom. The average Bonchev–Trinajstić information content (AvgIpc) is 3.20. The zero-order valence-electron chi connectivity index (χ0n) is 17.5. The molecule has 3 aromatic heterocycles. The number of aromatic nitrogens is 5. The maximum absolute atomic E-state index is 13.3. The fourth-order valence-corrected chi connectivity index (χ4v) is 4.39. The van der Waals surface area contributed by atoms with E-state index in [1.54, 1.807) is 18.6 Å². The molecule has 8 nitrogen and oxygen atoms in total. The van der Waals surface area contributed by atoms with E-state index in [0.29, 0.717) is 25.4 Å². The molecule has 4 heterocycles. The summed E-state index contributed by atoms with van der Waals surface area (Å²) >= 11 is 0. The van der Waals surface area contributed by atoms with Gasteiger partial charge in [-0.3, -0.25) is 14.9 Å². The summed E-state index contributed by atoms with van der Waals surface area (Å²) in [7, 11) is 0. The van der Waals surface area contributed by atoms with Crippen LogP contribution in [0.5, 0.6) is 0 Å². The SMILES string of the molecule is O=C(c1n[nH]c2c1CCCCCC2)N1CCOC(c2ccc(-c3cncnc3)cn2)C1. The van der Waals surface area contributed by atoms with E-state index in [0.717, 1.165) is 53.8 Å². The number of amides is 1. The zero-order chi connectivity index (χ0) is 21.0. The minimum absolute atomic E-state index is 0.00979. The lowest BCUT2D eigenvalue weighted by atomic mass is 9.96. The molecule has 1 atom stereocenters. The third-order valence-corrected chi connectivity index (χ3v) is 6.12. The van der Waals surface area contributed by atoms with E-state index in [1.165, 1.54) is 19.2 Å². The van der Waals surface area contributed by atoms with Gasteiger partial charge in [-0.1, -0.05) is 18.9 Å². The Kier molecular flexibility index (Phi) is 5.71. The highest BCUT2D eigenvalue weighted by Gasteiger charge is 2.30. The number of carbonyl (C=O) groups is 1. The molecule has 1 amide bonds. The highest BCUT2D eigenvalue weighted by atomic mass is 16.5. The second kappa shape index (κ2) is 8.93. The van der Waals surface area contributed by atoms with E-state index in [1.807, 2.05) is 17.0 Å². The Hall–Kier alpha value is -3.13. The Labute approximate surface area is 181 Å². The Bertz CT molecular complexity index is 1030. The number of nitrogens with zero attached hydrogens (tertiary/aromatic N) is 5. The van der Waals surface area contributed by atoms with Gasteiger partial charge in [0.05, 0.1) is 18.8 Å². The van der Waals surface area contributed by atoms with Gasteiger partial charge in [-0.25, -0.2) is 9.97 Å². The van der Waals surface area contributed by atoms with E-state index in [2.05, 4.69) is 25.1 Å². The first-order valence-corrected chi connectivity index (χ1v) is 11.0. The molecule has 0 bridgehead atoms. The van der Waals surface area contributed by atoms with Crippen LogP contribution in [0, 0.1) is 0 Å². The first-order chi connectivity index (χ1) is 15.3. The molecule has 31 heavy (non-hydrogen) atoms. The van der Waals surface area contributed by atoms with Gasteiger partial charge in [0.25, 0.3) is 5.91 Å². The molecule has 0 aromatic carbocycles. The summed E-state index contributed by atoms with van der Waals surface area (Å²) in [5, 5.41) is 7.54. The fourth-order valence-electron chi connectivity index (χ4n) is 4.39. The number of hydrogen-bond acceptors (Lipinski definition) is 6. The summed E-state index contributed by atoms with van der Waals surface area (Å²) in [4.78, 5) is 27.8. The number of morpholine rings is 1. The lowest BCUT2D eigenvalue weighted by Crippen LogP contribution is -2.43. The molecule has 1 saturated heterocycles. The van der Waals surface area contributed by atoms with Crippen molar-refractivity contribution in [1.82, 2.24) is 30.0 Å². The molecule has 0 saturated carbocycles. The summed E-state index contributed by atoms with van der Waals surface area (Å²) < 4.78 is 5.95. The molecule has 1 N–H and O–H groups in total. The molecule has 0 radical (unpaired) electrons. The van der Waals surface area contributed by atoms with Crippen molar-refractivity contribution >= 4 is 5.91 Å². The number of aryl methyl sites for hydroxylation is 1. The Balaban J connectivity index is 1.31. The predicted octanol–water partition coefficient (Wildman–Crippen LogP) is 3.13. The van der Waals surface area contributed by atoms with Crippen LogP contribution in [-0.4, -0.2) is 55.7 Å². The summed E-state index contributed by atoms with van der Waals surface area (Å²) in [6.45, 7) is 1.52. The number of carbonyl (C=O) groups excluding carboxylic acids is 1. The van der Waals surface area contributed by atoms with Crippen LogP contribution < -0.4 is 0 Å². The molecule has 2 aliphatic rings. The topological polar surface area (TPSA) is 96.9 Å². The quantitative estimate of drug-likeness (QED) is 0.702. The van der Waals surface area contributed by atoms with Crippen molar-refractivity contribution in [2.24, 2.45) is 0 Å². The van der Waals surface area contributed by atoms with Crippen LogP contribution in [0.4, 0.5) is 0 Å². The van der Waals surface area contributed by atoms with E-state index in [9.17, 15) is 4.79 Å². The minimum Gasteiger partial charge on any atom is -0.368 e. The van der Waals surface area contributed by atoms with Crippen LogP contribution in [0.3, 0.4) is 0 Å². The van der Waals surface area contributed by atoms with Gasteiger partial charge in [-0.15, -0.1) is 0 Å². The van der Waals surface area contributed by atoms with Crippen LogP contribution in [0.2, 0.25) is 0 Å². The van der Waals surface area contributed by atoms with Crippen LogP contribution in [0.25, 0.3) is 11.1 Å². The second-order valence-corrected chi connectivity index (χ2v) is 8.15. The van der Waals surface area contributed by atoms with E-state index >= 15 is 0 Å². The number of aromatic amines is 1. The zero-order valence-corrected chi connectivity index (χ0v) is 17.5. The highest BCUT2D eigenvalue weighted by Crippen LogP contribution is 2.26. The number of fused-ring (bicyclic) bond motifs is 1. The summed E-state index contributed by atoms with van der Waals surface area (Å²) in [6.07, 6.45) is 13.2. The van der Waals surface area contributed by atoms with Gasteiger partial charge in [0.15, 0.2) is 5.69 Å². The molecule has 8 heteroatoms. The number of H-pyrrole nitrogens is 1. The van der Waals surface area contributed by atoms with E-state index < -0.39 is 0 Å². The first kappa shape index (κ1) is 19.8. The fraction of sp³-hybridized carbons (Fsp3) is 0.435. The summed E-state index contributed by atoms with van der Waals surface area (Å²) in [5.74, 6) is -0.00979. The molecular formula is C23H26N6O2. The van der Waals surface area contributed by atoms with Crippen LogP contribution in [-0.2, 0) is 17.6 Å². The van der Waals surface area contributed by atoms with E-state index in [-0.39, 0.29) is 12.0 Å². The van der Waals surface area contributed by atoms with Crippen molar-refractivity contribution in [1.29, 1.82) is 0 Å². The molecule has 160 valence electrons. The standard InChI is InChI=1S/C23H26N6O2/c30-23(22-18-5-3-1-2-4-6-19(18)27-28-22)29-9-10-31-21(14-29)20-8-7-16(13-26-20)17-11-24-15-25-12-17/h7-8,11-13,15,21H,1-6,9-10,14H2,(H,27,28). The molecule has 1 aliphatic heterocycles. The minimum atomic E-state index is -0.250. The van der Waals surface area contributed by atoms with Gasteiger partial charge in [-0.05, 0) is 31.7 Å². The predicted molar refractivity (Wildman–Crippen MR) is 114 cm³/mol. The number of nitrogens with one attached hydrogen (secondary N) is 1. The van der Waals surface area contributed by atoms with E-state index in [4.69, 9.17) is 4.74 Å². The normalized spacial score (nSPS) is 19.4. The number of pyridine rings is 1. The monoisotopic (exact) mass is 418 g/mol. The van der Waals surface area contributed by atoms with Crippen LogP contribution >= 0.6 is 0 Å². The largest absolute Gasteiger partial charge is 0.368 e. The third kappa shape index (κ3) is 4.20. The molecular weight excluding hydrogens is 392 g/mol. The van der Waals surface area contributed by atoms with Crippen molar-refractivity contribution in [3.05, 3.63) is 59.7 Å². The molecule has 3 aromatic rings. The molecule has 1 fully saturated rings. The number of ether oxygens (including phenoxy) is 1. The highest BCUT2D eigenvalue weighted by molar-refractivity contribution is 5.94. The van der Waals surface area contributed by atoms with Crippen molar-refractivity contribution < 1.29 is 9.53 Å². The van der Waals surface area contributed by atoms with Crippen LogP contribution in [0.1, 0.15) is 59.2 Å². The smallest absolute Gasteiger partial charge is 0.274 e. The summed E-state index contributed by atoms with van der Waals surface area (Å²) in [5.41, 5.74) is 5.51. The molecule has 5 rings (SSSR count). The molecule has 1 unspecified atom stereocenters. The number of hydrogen-bond donors (Lipinski definition) is 1. The maximum atomic E-state index is 13.3. The third-order valence-electron chi connectivity index (χ3n) is 6.12. The molecule has 1 aliphatic carbocycles. The van der Waals surface area contributed by atoms with Gasteiger partial charge in [0, 0.05) is 47.5 Å². The van der Waals surface area contributed by atoms with Gasteiger partial charge >= 0.3 is 0 Å². The average molecular weight is 419 g/mol. The number of rotatable bonds is 3. The van der Waals surface area contributed by atoms with Crippen molar-refractivity contribution in [2.75, 3.05) is 19.7 Å². The van der Waals surface area contributed by atoms with Crippen molar-refractivity contribution in [2.45, 2.75) is 44.6 Å². The Morgan fingerprint density at radius 1 is 1.03 bits per heavy atom. The lowest BCUT2D eigenvalue weighted by molar-refractivity contribution is -0.0249. The molecule has 0 spiro atoms.